The summed E-state index contributed by atoms with van der Waals surface area (Å²) in [7, 11) is 0. The van der Waals surface area contributed by atoms with Gasteiger partial charge in [-0.15, -0.1) is 0 Å². The van der Waals surface area contributed by atoms with Gasteiger partial charge in [-0.2, -0.15) is 0 Å². The number of thiazole rings is 1. The van der Waals surface area contributed by atoms with Gasteiger partial charge in [0.2, 0.25) is 0 Å². The molecule has 3 aromatic carbocycles. The van der Waals surface area contributed by atoms with Crippen molar-refractivity contribution in [3.05, 3.63) is 144 Å². The van der Waals surface area contributed by atoms with Crippen molar-refractivity contribution in [2.45, 2.75) is 18.9 Å². The smallest absolute Gasteiger partial charge is 0.335 e. The molecule has 0 unspecified atom stereocenters. The van der Waals surface area contributed by atoms with Crippen molar-refractivity contribution in [1.29, 1.82) is 0 Å². The monoisotopic (exact) mass is 548 g/mol. The number of rotatable bonds is 4. The zero-order valence-corrected chi connectivity index (χ0v) is 21.8. The lowest BCUT2D eigenvalue weighted by Crippen LogP contribution is -2.38. The van der Waals surface area contributed by atoms with Crippen LogP contribution in [0.4, 0.5) is 4.39 Å². The second-order valence-electron chi connectivity index (χ2n) is 9.75. The summed E-state index contributed by atoms with van der Waals surface area (Å²) in [4.78, 5) is 30.8. The topological polar surface area (TPSA) is 84.8 Å². The van der Waals surface area contributed by atoms with Gasteiger partial charge in [0, 0.05) is 17.2 Å². The molecule has 8 heteroatoms. The summed E-state index contributed by atoms with van der Waals surface area (Å²) in [5.41, 5.74) is 5.62. The van der Waals surface area contributed by atoms with Gasteiger partial charge in [0.1, 0.15) is 17.3 Å². The minimum atomic E-state index is -1.02. The summed E-state index contributed by atoms with van der Waals surface area (Å²) in [5, 5.41) is 9.31. The molecule has 7 rings (SSSR count). The normalized spacial score (nSPS) is 16.2. The predicted octanol–water partition coefficient (Wildman–Crippen LogP) is 5.42. The zero-order valence-electron chi connectivity index (χ0n) is 21.0. The zero-order chi connectivity index (χ0) is 27.4. The molecule has 0 saturated carbocycles. The van der Waals surface area contributed by atoms with Crippen molar-refractivity contribution in [1.82, 2.24) is 4.57 Å². The number of carboxylic acid groups (broad SMARTS) is 1. The van der Waals surface area contributed by atoms with Gasteiger partial charge in [-0.1, -0.05) is 59.9 Å². The lowest BCUT2D eigenvalue weighted by Gasteiger charge is -2.30. The molecule has 1 aliphatic carbocycles. The Morgan fingerprint density at radius 2 is 1.85 bits per heavy atom. The van der Waals surface area contributed by atoms with Gasteiger partial charge in [-0.05, 0) is 65.9 Å². The molecular weight excluding hydrogens is 527 g/mol. The fourth-order valence-electron chi connectivity index (χ4n) is 5.49. The highest BCUT2D eigenvalue weighted by atomic mass is 32.1. The molecular formula is C32H21FN2O4S. The van der Waals surface area contributed by atoms with Gasteiger partial charge in [0.25, 0.3) is 5.56 Å². The molecule has 1 aliphatic heterocycles. The van der Waals surface area contributed by atoms with E-state index in [1.165, 1.54) is 35.1 Å². The molecule has 1 atom stereocenters. The number of fused-ring (bicyclic) bond motifs is 3. The number of hydrogen-bond donors (Lipinski definition) is 1. The number of aromatic carboxylic acids is 1. The van der Waals surface area contributed by atoms with E-state index < -0.39 is 12.0 Å². The van der Waals surface area contributed by atoms with Crippen molar-refractivity contribution in [2.24, 2.45) is 4.99 Å². The van der Waals surface area contributed by atoms with E-state index in [-0.39, 0.29) is 16.9 Å². The summed E-state index contributed by atoms with van der Waals surface area (Å²) in [6, 6.07) is 24.1. The fourth-order valence-corrected chi connectivity index (χ4v) is 6.47. The molecule has 3 heterocycles. The van der Waals surface area contributed by atoms with Crippen LogP contribution in [0.15, 0.2) is 105 Å². The van der Waals surface area contributed by atoms with Crippen molar-refractivity contribution in [3.63, 3.8) is 0 Å². The standard InChI is InChI=1S/C32H21FN2O4S/c33-22-11-8-19(9-12-22)29-25-14-10-18-4-1-2-7-24(18)28(25)34-32-35(29)30(36)27(40-32)17-23-13-15-26(39-23)20-5-3-6-21(16-20)31(37)38/h1-9,11-13,15-17,29H,10,14H2,(H,37,38)/b27-17+/t29-/m0/s1. The molecule has 0 spiro atoms. The predicted molar refractivity (Wildman–Crippen MR) is 150 cm³/mol. The Morgan fingerprint density at radius 3 is 2.67 bits per heavy atom. The van der Waals surface area contributed by atoms with Crippen LogP contribution in [0.25, 0.3) is 23.1 Å². The molecule has 6 nitrogen and oxygen atoms in total. The van der Waals surface area contributed by atoms with E-state index in [1.54, 1.807) is 53.1 Å². The first-order valence-electron chi connectivity index (χ1n) is 12.8. The SMILES string of the molecule is O=C(O)c1cccc(-c2ccc(/C=c3/sc4n(c3=O)[C@@H](c3ccc(F)cc3)C3=C(N=4)c4ccccc4CC3)o2)c1. The number of furan rings is 1. The summed E-state index contributed by atoms with van der Waals surface area (Å²) >= 11 is 1.28. The van der Waals surface area contributed by atoms with Gasteiger partial charge in [0.05, 0.1) is 21.8 Å². The van der Waals surface area contributed by atoms with Crippen LogP contribution in [0.2, 0.25) is 0 Å². The van der Waals surface area contributed by atoms with Crippen LogP contribution in [-0.2, 0) is 6.42 Å². The molecule has 0 bridgehead atoms. The number of carbonyl (C=O) groups is 1. The average Bonchev–Trinajstić information content (AvgIpc) is 3.57. The first-order chi connectivity index (χ1) is 19.5. The van der Waals surface area contributed by atoms with Crippen LogP contribution in [0.5, 0.6) is 0 Å². The minimum absolute atomic E-state index is 0.162. The molecule has 196 valence electrons. The largest absolute Gasteiger partial charge is 0.478 e. The van der Waals surface area contributed by atoms with Crippen LogP contribution < -0.4 is 14.9 Å². The highest BCUT2D eigenvalue weighted by molar-refractivity contribution is 7.07. The highest BCUT2D eigenvalue weighted by Gasteiger charge is 2.32. The van der Waals surface area contributed by atoms with E-state index >= 15 is 0 Å². The third-order valence-electron chi connectivity index (χ3n) is 7.35. The maximum atomic E-state index is 13.9. The van der Waals surface area contributed by atoms with Crippen LogP contribution in [0.3, 0.4) is 0 Å². The lowest BCUT2D eigenvalue weighted by molar-refractivity contribution is 0.0697. The number of aryl methyl sites for hydroxylation is 1. The third-order valence-corrected chi connectivity index (χ3v) is 8.34. The molecule has 0 saturated heterocycles. The highest BCUT2D eigenvalue weighted by Crippen LogP contribution is 2.41. The maximum absolute atomic E-state index is 13.9. The number of carboxylic acids is 1. The molecule has 40 heavy (non-hydrogen) atoms. The van der Waals surface area contributed by atoms with Crippen LogP contribution in [-0.4, -0.2) is 15.6 Å². The molecule has 2 aromatic heterocycles. The van der Waals surface area contributed by atoms with E-state index in [9.17, 15) is 19.1 Å². The van der Waals surface area contributed by atoms with E-state index in [1.807, 2.05) is 12.1 Å². The van der Waals surface area contributed by atoms with E-state index in [2.05, 4.69) is 12.1 Å². The lowest BCUT2D eigenvalue weighted by atomic mass is 9.83. The van der Waals surface area contributed by atoms with Crippen molar-refractivity contribution in [3.8, 4) is 11.3 Å². The van der Waals surface area contributed by atoms with Crippen LogP contribution in [0.1, 0.15) is 45.3 Å². The van der Waals surface area contributed by atoms with Crippen molar-refractivity contribution < 1.29 is 18.7 Å². The van der Waals surface area contributed by atoms with Crippen LogP contribution >= 0.6 is 11.3 Å². The average molecular weight is 549 g/mol. The molecule has 2 aliphatic rings. The first-order valence-corrected chi connectivity index (χ1v) is 13.6. The second-order valence-corrected chi connectivity index (χ2v) is 10.8. The second kappa shape index (κ2) is 9.43. The Kier molecular flexibility index (Phi) is 5.71. The Hall–Kier alpha value is -4.82. The summed E-state index contributed by atoms with van der Waals surface area (Å²) in [6.45, 7) is 0. The van der Waals surface area contributed by atoms with Crippen LogP contribution in [0, 0.1) is 5.82 Å². The molecule has 0 radical (unpaired) electrons. The van der Waals surface area contributed by atoms with Gasteiger partial charge in [-0.25, -0.2) is 14.2 Å². The number of halogens is 1. The quantitative estimate of drug-likeness (QED) is 0.325. The number of nitrogens with zero attached hydrogens (tertiary/aromatic N) is 2. The summed E-state index contributed by atoms with van der Waals surface area (Å²) < 4.78 is 22.0. The molecule has 0 fully saturated rings. The third kappa shape index (κ3) is 4.04. The molecule has 5 aromatic rings. The van der Waals surface area contributed by atoms with Crippen molar-refractivity contribution in [2.75, 3.05) is 0 Å². The van der Waals surface area contributed by atoms with Gasteiger partial charge >= 0.3 is 5.97 Å². The fraction of sp³-hybridized carbons (Fsp3) is 0.0938. The minimum Gasteiger partial charge on any atom is -0.478 e. The maximum Gasteiger partial charge on any atom is 0.335 e. The Balaban J connectivity index is 1.37. The van der Waals surface area contributed by atoms with Gasteiger partial charge < -0.3 is 9.52 Å². The Morgan fingerprint density at radius 1 is 1.02 bits per heavy atom. The number of allylic oxidation sites excluding steroid dienone is 1. The van der Waals surface area contributed by atoms with E-state index in [0.29, 0.717) is 26.4 Å². The van der Waals surface area contributed by atoms with E-state index in [0.717, 1.165) is 35.2 Å². The number of benzene rings is 3. The Labute approximate surface area is 231 Å². The number of aromatic nitrogens is 1. The summed E-state index contributed by atoms with van der Waals surface area (Å²) in [6.07, 6.45) is 3.27. The Bertz CT molecular complexity index is 2030. The number of hydrogen-bond acceptors (Lipinski definition) is 5. The summed E-state index contributed by atoms with van der Waals surface area (Å²) in [5.74, 6) is -0.385. The first kappa shape index (κ1) is 24.2. The van der Waals surface area contributed by atoms with Crippen molar-refractivity contribution >= 4 is 29.1 Å². The van der Waals surface area contributed by atoms with E-state index in [4.69, 9.17) is 9.41 Å². The molecule has 0 amide bonds. The molecule has 1 N–H and O–H groups in total. The van der Waals surface area contributed by atoms with Gasteiger partial charge in [0.15, 0.2) is 4.80 Å². The van der Waals surface area contributed by atoms with Gasteiger partial charge in [-0.3, -0.25) is 9.36 Å².